The molecule has 5 heteroatoms. The number of aliphatic carboxylic acids is 1. The fourth-order valence-corrected chi connectivity index (χ4v) is 3.50. The van der Waals surface area contributed by atoms with Gasteiger partial charge in [-0.1, -0.05) is 42.5 Å². The van der Waals surface area contributed by atoms with Crippen LogP contribution in [0.15, 0.2) is 66.5 Å². The number of fused-ring (bicyclic) bond motifs is 3. The van der Waals surface area contributed by atoms with Crippen molar-refractivity contribution in [3.05, 3.63) is 83.4 Å². The molecule has 0 amide bonds. The first-order valence-corrected chi connectivity index (χ1v) is 8.45. The second-order valence-corrected chi connectivity index (χ2v) is 6.30. The fraction of sp³-hybridized carbons (Fsp3) is 0.143. The van der Waals surface area contributed by atoms with Gasteiger partial charge in [-0.25, -0.2) is 14.2 Å². The SMILES string of the molecule is O=C(O)C1=Cc2c(F)cccc2-c2nccn2[C@H]1CCc1ccccc1. The lowest BCUT2D eigenvalue weighted by Gasteiger charge is -2.20. The molecule has 0 bridgehead atoms. The summed E-state index contributed by atoms with van der Waals surface area (Å²) in [7, 11) is 0. The van der Waals surface area contributed by atoms with Crippen LogP contribution in [0, 0.1) is 5.82 Å². The largest absolute Gasteiger partial charge is 0.478 e. The van der Waals surface area contributed by atoms with E-state index in [4.69, 9.17) is 0 Å². The van der Waals surface area contributed by atoms with Gasteiger partial charge in [-0.2, -0.15) is 0 Å². The van der Waals surface area contributed by atoms with E-state index in [2.05, 4.69) is 4.98 Å². The van der Waals surface area contributed by atoms with Crippen molar-refractivity contribution >= 4 is 12.0 Å². The van der Waals surface area contributed by atoms with E-state index < -0.39 is 17.8 Å². The van der Waals surface area contributed by atoms with E-state index in [1.54, 1.807) is 24.5 Å². The summed E-state index contributed by atoms with van der Waals surface area (Å²) in [6.07, 6.45) is 6.15. The Balaban J connectivity index is 1.82. The molecular formula is C21H17FN2O2. The lowest BCUT2D eigenvalue weighted by molar-refractivity contribution is -0.133. The Hall–Kier alpha value is -3.21. The van der Waals surface area contributed by atoms with Crippen LogP contribution in [0.25, 0.3) is 17.5 Å². The topological polar surface area (TPSA) is 55.1 Å². The van der Waals surface area contributed by atoms with Crippen molar-refractivity contribution in [3.8, 4) is 11.4 Å². The van der Waals surface area contributed by atoms with Gasteiger partial charge in [-0.05, 0) is 30.5 Å². The third kappa shape index (κ3) is 2.81. The highest BCUT2D eigenvalue weighted by Gasteiger charge is 2.29. The zero-order valence-electron chi connectivity index (χ0n) is 14.0. The number of carbonyl (C=O) groups is 1. The van der Waals surface area contributed by atoms with Gasteiger partial charge in [-0.3, -0.25) is 0 Å². The number of imidazole rings is 1. The maximum Gasteiger partial charge on any atom is 0.333 e. The van der Waals surface area contributed by atoms with Crippen LogP contribution >= 0.6 is 0 Å². The molecule has 2 aromatic carbocycles. The first kappa shape index (κ1) is 16.3. The molecule has 1 aromatic heterocycles. The molecular weight excluding hydrogens is 331 g/mol. The molecule has 130 valence electrons. The Morgan fingerprint density at radius 1 is 1.15 bits per heavy atom. The number of nitrogens with zero attached hydrogens (tertiary/aromatic N) is 2. The minimum Gasteiger partial charge on any atom is -0.478 e. The molecule has 26 heavy (non-hydrogen) atoms. The van der Waals surface area contributed by atoms with E-state index in [-0.39, 0.29) is 11.1 Å². The molecule has 1 aliphatic heterocycles. The molecule has 4 nitrogen and oxygen atoms in total. The fourth-order valence-electron chi connectivity index (χ4n) is 3.50. The van der Waals surface area contributed by atoms with Crippen LogP contribution in [0.5, 0.6) is 0 Å². The number of benzene rings is 2. The van der Waals surface area contributed by atoms with E-state index in [0.717, 1.165) is 5.56 Å². The standard InChI is InChI=1S/C21H17FN2O2/c22-18-8-4-7-15-16(18)13-17(21(25)26)19(24-12-11-23-20(15)24)10-9-14-5-2-1-3-6-14/h1-8,11-13,19H,9-10H2,(H,25,26)/t19-/m0/s1. The van der Waals surface area contributed by atoms with Crippen LogP contribution < -0.4 is 0 Å². The van der Waals surface area contributed by atoms with Gasteiger partial charge in [-0.15, -0.1) is 0 Å². The van der Waals surface area contributed by atoms with Gasteiger partial charge in [0.05, 0.1) is 11.6 Å². The highest BCUT2D eigenvalue weighted by Crippen LogP contribution is 2.37. The minimum absolute atomic E-state index is 0.170. The molecule has 3 aromatic rings. The average Bonchev–Trinajstić information content (AvgIpc) is 3.07. The van der Waals surface area contributed by atoms with Crippen molar-refractivity contribution in [3.63, 3.8) is 0 Å². The molecule has 4 rings (SSSR count). The molecule has 0 spiro atoms. The van der Waals surface area contributed by atoms with Gasteiger partial charge in [0.1, 0.15) is 11.6 Å². The van der Waals surface area contributed by atoms with Crippen molar-refractivity contribution in [1.29, 1.82) is 0 Å². The number of hydrogen-bond acceptors (Lipinski definition) is 2. The molecule has 0 saturated carbocycles. The summed E-state index contributed by atoms with van der Waals surface area (Å²) in [5, 5.41) is 9.79. The highest BCUT2D eigenvalue weighted by molar-refractivity contribution is 5.95. The molecule has 0 saturated heterocycles. The molecule has 2 heterocycles. The van der Waals surface area contributed by atoms with E-state index in [1.165, 1.54) is 12.1 Å². The number of carboxylic acids is 1. The zero-order valence-corrected chi connectivity index (χ0v) is 14.0. The molecule has 0 aliphatic carbocycles. The predicted molar refractivity (Wildman–Crippen MR) is 97.0 cm³/mol. The Labute approximate surface area is 150 Å². The molecule has 1 aliphatic rings. The Morgan fingerprint density at radius 2 is 1.96 bits per heavy atom. The quantitative estimate of drug-likeness (QED) is 0.763. The molecule has 1 N–H and O–H groups in total. The zero-order chi connectivity index (χ0) is 18.1. The number of aromatic nitrogens is 2. The Morgan fingerprint density at radius 3 is 2.73 bits per heavy atom. The smallest absolute Gasteiger partial charge is 0.333 e. The van der Waals surface area contributed by atoms with Crippen LogP contribution in [-0.2, 0) is 11.2 Å². The van der Waals surface area contributed by atoms with Crippen LogP contribution in [-0.4, -0.2) is 20.6 Å². The lowest BCUT2D eigenvalue weighted by atomic mass is 9.97. The minimum atomic E-state index is -1.04. The van der Waals surface area contributed by atoms with Crippen molar-refractivity contribution in [1.82, 2.24) is 9.55 Å². The van der Waals surface area contributed by atoms with E-state index in [0.29, 0.717) is 24.2 Å². The van der Waals surface area contributed by atoms with E-state index in [1.807, 2.05) is 34.9 Å². The first-order chi connectivity index (χ1) is 12.6. The number of hydrogen-bond donors (Lipinski definition) is 1. The van der Waals surface area contributed by atoms with E-state index >= 15 is 0 Å². The first-order valence-electron chi connectivity index (χ1n) is 8.45. The normalized spacial score (nSPS) is 15.6. The average molecular weight is 348 g/mol. The van der Waals surface area contributed by atoms with Crippen molar-refractivity contribution in [2.75, 3.05) is 0 Å². The van der Waals surface area contributed by atoms with Crippen LogP contribution in [0.4, 0.5) is 4.39 Å². The molecule has 0 unspecified atom stereocenters. The lowest BCUT2D eigenvalue weighted by Crippen LogP contribution is -2.17. The monoisotopic (exact) mass is 348 g/mol. The predicted octanol–water partition coefficient (Wildman–Crippen LogP) is 4.34. The van der Waals surface area contributed by atoms with Crippen LogP contribution in [0.1, 0.15) is 23.6 Å². The van der Waals surface area contributed by atoms with Gasteiger partial charge < -0.3 is 9.67 Å². The number of halogens is 1. The summed E-state index contributed by atoms with van der Waals surface area (Å²) in [5.41, 5.74) is 2.19. The summed E-state index contributed by atoms with van der Waals surface area (Å²) >= 11 is 0. The van der Waals surface area contributed by atoms with Crippen molar-refractivity contribution in [2.45, 2.75) is 18.9 Å². The highest BCUT2D eigenvalue weighted by atomic mass is 19.1. The van der Waals surface area contributed by atoms with Crippen molar-refractivity contribution < 1.29 is 14.3 Å². The van der Waals surface area contributed by atoms with Gasteiger partial charge in [0, 0.05) is 23.5 Å². The summed E-state index contributed by atoms with van der Waals surface area (Å²) < 4.78 is 16.2. The molecule has 0 fully saturated rings. The molecule has 0 radical (unpaired) electrons. The Kier molecular flexibility index (Phi) is 4.13. The van der Waals surface area contributed by atoms with Gasteiger partial charge >= 0.3 is 5.97 Å². The van der Waals surface area contributed by atoms with Crippen LogP contribution in [0.2, 0.25) is 0 Å². The third-order valence-corrected chi connectivity index (χ3v) is 4.75. The summed E-state index contributed by atoms with van der Waals surface area (Å²) in [6.45, 7) is 0. The summed E-state index contributed by atoms with van der Waals surface area (Å²) in [4.78, 5) is 16.3. The van der Waals surface area contributed by atoms with Gasteiger partial charge in [0.2, 0.25) is 0 Å². The Bertz CT molecular complexity index is 992. The summed E-state index contributed by atoms with van der Waals surface area (Å²) in [5.74, 6) is -0.900. The van der Waals surface area contributed by atoms with Crippen LogP contribution in [0.3, 0.4) is 0 Å². The molecule has 1 atom stereocenters. The third-order valence-electron chi connectivity index (χ3n) is 4.75. The maximum absolute atomic E-state index is 14.4. The van der Waals surface area contributed by atoms with Crippen molar-refractivity contribution in [2.24, 2.45) is 0 Å². The van der Waals surface area contributed by atoms with Gasteiger partial charge in [0.25, 0.3) is 0 Å². The second-order valence-electron chi connectivity index (χ2n) is 6.30. The van der Waals surface area contributed by atoms with E-state index in [9.17, 15) is 14.3 Å². The number of carboxylic acid groups (broad SMARTS) is 1. The second kappa shape index (κ2) is 6.59. The maximum atomic E-state index is 14.4. The number of rotatable bonds is 4. The number of aryl methyl sites for hydroxylation is 1. The summed E-state index contributed by atoms with van der Waals surface area (Å²) in [6, 6.07) is 14.2. The van der Waals surface area contributed by atoms with Gasteiger partial charge in [0.15, 0.2) is 0 Å².